The summed E-state index contributed by atoms with van der Waals surface area (Å²) in [6.45, 7) is 0.863. The summed E-state index contributed by atoms with van der Waals surface area (Å²) in [7, 11) is 0. The number of phenols is 1. The number of hydrogen-bond acceptors (Lipinski definition) is 3. The lowest BCUT2D eigenvalue weighted by atomic mass is 10.1. The maximum absolute atomic E-state index is 12.2. The number of piperidine rings is 1. The Morgan fingerprint density at radius 3 is 2.64 bits per heavy atom. The highest BCUT2D eigenvalue weighted by atomic mass is 16.4. The number of nitrogens with zero attached hydrogens (tertiary/aromatic N) is 1. The Hall–Kier alpha value is -2.70. The third kappa shape index (κ3) is 2.83. The number of carboxylic acid groups (broad SMARTS) is 1. The van der Waals surface area contributed by atoms with Crippen molar-refractivity contribution in [2.24, 2.45) is 0 Å². The molecule has 1 aliphatic heterocycles. The molecule has 4 N–H and O–H groups in total. The number of aromatic hydroxyl groups is 1. The first kappa shape index (κ1) is 14.2. The van der Waals surface area contributed by atoms with Crippen molar-refractivity contribution in [1.29, 1.82) is 0 Å². The summed E-state index contributed by atoms with van der Waals surface area (Å²) < 4.78 is 0. The smallest absolute Gasteiger partial charge is 0.407 e. The van der Waals surface area contributed by atoms with Crippen LogP contribution >= 0.6 is 0 Å². The molecule has 7 heteroatoms. The molecular formula is C15H17N3O4. The van der Waals surface area contributed by atoms with E-state index in [-0.39, 0.29) is 17.7 Å². The van der Waals surface area contributed by atoms with Crippen LogP contribution in [0.5, 0.6) is 5.75 Å². The molecule has 7 nitrogen and oxygen atoms in total. The predicted molar refractivity (Wildman–Crippen MR) is 80.0 cm³/mol. The number of aromatic amines is 1. The van der Waals surface area contributed by atoms with Gasteiger partial charge in [0.25, 0.3) is 5.91 Å². The summed E-state index contributed by atoms with van der Waals surface area (Å²) >= 11 is 0. The first-order valence-electron chi connectivity index (χ1n) is 7.13. The number of amides is 2. The molecule has 1 aromatic carbocycles. The molecule has 1 aromatic heterocycles. The maximum Gasteiger partial charge on any atom is 0.407 e. The molecule has 0 aliphatic carbocycles. The molecule has 1 saturated heterocycles. The number of benzene rings is 1. The van der Waals surface area contributed by atoms with Crippen LogP contribution in [0, 0.1) is 0 Å². The normalized spacial score (nSPS) is 15.9. The molecule has 2 amide bonds. The summed E-state index contributed by atoms with van der Waals surface area (Å²) in [6, 6.07) is 6.58. The van der Waals surface area contributed by atoms with Crippen molar-refractivity contribution < 1.29 is 19.8 Å². The lowest BCUT2D eigenvalue weighted by Gasteiger charge is -2.30. The van der Waals surface area contributed by atoms with E-state index in [1.807, 2.05) is 0 Å². The van der Waals surface area contributed by atoms with E-state index in [0.717, 1.165) is 5.39 Å². The van der Waals surface area contributed by atoms with Crippen LogP contribution in [0.2, 0.25) is 0 Å². The minimum Gasteiger partial charge on any atom is -0.508 e. The first-order chi connectivity index (χ1) is 10.5. The molecular weight excluding hydrogens is 286 g/mol. The van der Waals surface area contributed by atoms with Crippen molar-refractivity contribution in [3.8, 4) is 5.75 Å². The lowest BCUT2D eigenvalue weighted by Crippen LogP contribution is -2.46. The SMILES string of the molecule is O=C(NC1CCN(C(=O)O)CC1)c1cc2ccc(O)cc2[nH]1. The van der Waals surface area contributed by atoms with E-state index in [9.17, 15) is 14.7 Å². The highest BCUT2D eigenvalue weighted by molar-refractivity contribution is 5.98. The molecule has 0 spiro atoms. The quantitative estimate of drug-likeness (QED) is 0.678. The van der Waals surface area contributed by atoms with Gasteiger partial charge in [0.15, 0.2) is 0 Å². The molecule has 1 fully saturated rings. The Morgan fingerprint density at radius 2 is 1.95 bits per heavy atom. The standard InChI is InChI=1S/C15H17N3O4/c19-11-2-1-9-7-13(17-12(9)8-11)14(20)16-10-3-5-18(6-4-10)15(21)22/h1-2,7-8,10,17,19H,3-6H2,(H,16,20)(H,21,22). The van der Waals surface area contributed by atoms with Crippen molar-refractivity contribution in [3.05, 3.63) is 30.0 Å². The Kier molecular flexibility index (Phi) is 3.62. The number of fused-ring (bicyclic) bond motifs is 1. The summed E-state index contributed by atoms with van der Waals surface area (Å²) in [5.74, 6) is -0.0770. The number of phenolic OH excluding ortho intramolecular Hbond substituents is 1. The van der Waals surface area contributed by atoms with E-state index < -0.39 is 6.09 Å². The van der Waals surface area contributed by atoms with Crippen molar-refractivity contribution in [1.82, 2.24) is 15.2 Å². The zero-order valence-corrected chi connectivity index (χ0v) is 11.9. The highest BCUT2D eigenvalue weighted by Gasteiger charge is 2.24. The third-order valence-electron chi connectivity index (χ3n) is 3.95. The van der Waals surface area contributed by atoms with E-state index in [2.05, 4.69) is 10.3 Å². The zero-order chi connectivity index (χ0) is 15.7. The minimum atomic E-state index is -0.916. The van der Waals surface area contributed by atoms with Gasteiger partial charge in [0.05, 0.1) is 0 Å². The second-order valence-corrected chi connectivity index (χ2v) is 5.47. The Morgan fingerprint density at radius 1 is 1.23 bits per heavy atom. The Labute approximate surface area is 126 Å². The number of H-pyrrole nitrogens is 1. The molecule has 22 heavy (non-hydrogen) atoms. The molecule has 1 aliphatic rings. The number of carbonyl (C=O) groups is 2. The number of aromatic nitrogens is 1. The zero-order valence-electron chi connectivity index (χ0n) is 11.9. The molecule has 0 unspecified atom stereocenters. The van der Waals surface area contributed by atoms with Crippen LogP contribution in [0.1, 0.15) is 23.3 Å². The first-order valence-corrected chi connectivity index (χ1v) is 7.13. The van der Waals surface area contributed by atoms with Crippen molar-refractivity contribution in [2.45, 2.75) is 18.9 Å². The van der Waals surface area contributed by atoms with Gasteiger partial charge in [-0.3, -0.25) is 4.79 Å². The number of likely N-dealkylation sites (tertiary alicyclic amines) is 1. The van der Waals surface area contributed by atoms with Crippen molar-refractivity contribution in [2.75, 3.05) is 13.1 Å². The van der Waals surface area contributed by atoms with Gasteiger partial charge in [-0.15, -0.1) is 0 Å². The third-order valence-corrected chi connectivity index (χ3v) is 3.95. The van der Waals surface area contributed by atoms with Crippen LogP contribution in [0.25, 0.3) is 10.9 Å². The monoisotopic (exact) mass is 303 g/mol. The molecule has 0 saturated carbocycles. The Balaban J connectivity index is 1.65. The van der Waals surface area contributed by atoms with Crippen molar-refractivity contribution >= 4 is 22.9 Å². The highest BCUT2D eigenvalue weighted by Crippen LogP contribution is 2.20. The summed E-state index contributed by atoms with van der Waals surface area (Å²) in [5.41, 5.74) is 1.13. The molecule has 116 valence electrons. The number of rotatable bonds is 2. The largest absolute Gasteiger partial charge is 0.508 e. The number of carbonyl (C=O) groups excluding carboxylic acids is 1. The van der Waals surface area contributed by atoms with Gasteiger partial charge in [0.1, 0.15) is 11.4 Å². The van der Waals surface area contributed by atoms with Gasteiger partial charge in [-0.1, -0.05) is 0 Å². The molecule has 2 heterocycles. The van der Waals surface area contributed by atoms with Gasteiger partial charge >= 0.3 is 6.09 Å². The average molecular weight is 303 g/mol. The van der Waals surface area contributed by atoms with Crippen LogP contribution in [0.4, 0.5) is 4.79 Å². The molecule has 2 aromatic rings. The summed E-state index contributed by atoms with van der Waals surface area (Å²) in [6.07, 6.45) is 0.304. The topological polar surface area (TPSA) is 106 Å². The fraction of sp³-hybridized carbons (Fsp3) is 0.333. The van der Waals surface area contributed by atoms with Gasteiger partial charge in [-0.25, -0.2) is 4.79 Å². The van der Waals surface area contributed by atoms with Gasteiger partial charge in [0.2, 0.25) is 0 Å². The van der Waals surface area contributed by atoms with Gasteiger partial charge in [0, 0.05) is 36.1 Å². The molecule has 0 bridgehead atoms. The van der Waals surface area contributed by atoms with Crippen LogP contribution in [0.15, 0.2) is 24.3 Å². The van der Waals surface area contributed by atoms with Gasteiger partial charge in [-0.05, 0) is 31.0 Å². The van der Waals surface area contributed by atoms with Crippen LogP contribution in [-0.2, 0) is 0 Å². The predicted octanol–water partition coefficient (Wildman–Crippen LogP) is 1.75. The fourth-order valence-corrected chi connectivity index (χ4v) is 2.72. The van der Waals surface area contributed by atoms with Crippen LogP contribution in [0.3, 0.4) is 0 Å². The summed E-state index contributed by atoms with van der Waals surface area (Å²) in [5, 5.41) is 22.1. The maximum atomic E-state index is 12.2. The van der Waals surface area contributed by atoms with Crippen LogP contribution < -0.4 is 5.32 Å². The van der Waals surface area contributed by atoms with Gasteiger partial charge < -0.3 is 25.4 Å². The second-order valence-electron chi connectivity index (χ2n) is 5.47. The minimum absolute atomic E-state index is 0.0251. The molecule has 0 atom stereocenters. The van der Waals surface area contributed by atoms with Crippen LogP contribution in [-0.4, -0.2) is 51.2 Å². The fourth-order valence-electron chi connectivity index (χ4n) is 2.72. The van der Waals surface area contributed by atoms with E-state index in [1.165, 1.54) is 4.90 Å². The van der Waals surface area contributed by atoms with E-state index in [1.54, 1.807) is 24.3 Å². The van der Waals surface area contributed by atoms with Crippen molar-refractivity contribution in [3.63, 3.8) is 0 Å². The molecule has 0 radical (unpaired) electrons. The van der Waals surface area contributed by atoms with E-state index >= 15 is 0 Å². The Bertz CT molecular complexity index is 717. The summed E-state index contributed by atoms with van der Waals surface area (Å²) in [4.78, 5) is 27.4. The average Bonchev–Trinajstić information content (AvgIpc) is 2.91. The number of nitrogens with one attached hydrogen (secondary N) is 2. The number of hydrogen-bond donors (Lipinski definition) is 4. The lowest BCUT2D eigenvalue weighted by molar-refractivity contribution is 0.0903. The second kappa shape index (κ2) is 5.59. The van der Waals surface area contributed by atoms with E-state index in [4.69, 9.17) is 5.11 Å². The van der Waals surface area contributed by atoms with E-state index in [0.29, 0.717) is 37.1 Å². The molecule has 3 rings (SSSR count). The van der Waals surface area contributed by atoms with Gasteiger partial charge in [-0.2, -0.15) is 0 Å².